The van der Waals surface area contributed by atoms with Gasteiger partial charge in [-0.3, -0.25) is 4.79 Å². The first-order chi connectivity index (χ1) is 13.9. The number of carbonyl (C=O) groups is 1. The lowest BCUT2D eigenvalue weighted by atomic mass is 10.2. The van der Waals surface area contributed by atoms with Crippen LogP contribution < -0.4 is 5.32 Å². The Labute approximate surface area is 168 Å². The van der Waals surface area contributed by atoms with E-state index < -0.39 is 62.2 Å². The molecule has 0 fully saturated rings. The summed E-state index contributed by atoms with van der Waals surface area (Å²) in [5.74, 6) is -6.19. The zero-order valence-electron chi connectivity index (χ0n) is 15.4. The molecule has 0 aliphatic rings. The van der Waals surface area contributed by atoms with E-state index >= 15 is 0 Å². The van der Waals surface area contributed by atoms with Gasteiger partial charge in [0.1, 0.15) is 0 Å². The molecule has 30 heavy (non-hydrogen) atoms. The number of benzene rings is 2. The van der Waals surface area contributed by atoms with Crippen molar-refractivity contribution in [3.8, 4) is 0 Å². The van der Waals surface area contributed by atoms with E-state index in [1.807, 2.05) is 5.32 Å². The predicted octanol–water partition coefficient (Wildman–Crippen LogP) is 4.16. The van der Waals surface area contributed by atoms with E-state index in [1.54, 1.807) is 0 Å². The zero-order valence-corrected chi connectivity index (χ0v) is 16.2. The van der Waals surface area contributed by atoms with Gasteiger partial charge in [0.25, 0.3) is 0 Å². The monoisotopic (exact) mass is 454 g/mol. The molecule has 5 nitrogen and oxygen atoms in total. The van der Waals surface area contributed by atoms with E-state index in [4.69, 9.17) is 0 Å². The van der Waals surface area contributed by atoms with Crippen LogP contribution in [0.1, 0.15) is 18.9 Å². The lowest BCUT2D eigenvalue weighted by Gasteiger charge is -2.23. The van der Waals surface area contributed by atoms with Crippen molar-refractivity contribution in [2.24, 2.45) is 0 Å². The third kappa shape index (κ3) is 5.11. The molecule has 0 radical (unpaired) electrons. The molecule has 2 aromatic rings. The Morgan fingerprint density at radius 1 is 1.03 bits per heavy atom. The summed E-state index contributed by atoms with van der Waals surface area (Å²) in [7, 11) is -4.76. The minimum Gasteiger partial charge on any atom is -0.322 e. The summed E-state index contributed by atoms with van der Waals surface area (Å²) in [6.07, 6.45) is -4.81. The Hall–Kier alpha value is -2.60. The predicted molar refractivity (Wildman–Crippen MR) is 95.4 cm³/mol. The van der Waals surface area contributed by atoms with E-state index in [-0.39, 0.29) is 13.0 Å². The summed E-state index contributed by atoms with van der Waals surface area (Å²) in [5, 5.41) is 1.89. The highest BCUT2D eigenvalue weighted by atomic mass is 32.2. The van der Waals surface area contributed by atoms with Crippen LogP contribution in [0.2, 0.25) is 0 Å². The van der Waals surface area contributed by atoms with Crippen molar-refractivity contribution >= 4 is 21.6 Å². The van der Waals surface area contributed by atoms with Gasteiger partial charge in [-0.1, -0.05) is 19.1 Å². The average Bonchev–Trinajstić information content (AvgIpc) is 2.67. The Bertz CT molecular complexity index is 1040. The molecular formula is C18H16F6N2O3S. The molecule has 0 bridgehead atoms. The number of nitrogens with one attached hydrogen (secondary N) is 1. The number of anilines is 1. The van der Waals surface area contributed by atoms with E-state index in [9.17, 15) is 39.6 Å². The van der Waals surface area contributed by atoms with Crippen LogP contribution in [0, 0.1) is 17.5 Å². The number of sulfonamides is 1. The maximum Gasteiger partial charge on any atom is 0.417 e. The van der Waals surface area contributed by atoms with Crippen molar-refractivity contribution in [2.45, 2.75) is 24.4 Å². The molecular weight excluding hydrogens is 438 g/mol. The molecule has 0 saturated carbocycles. The number of nitrogens with zero attached hydrogens (tertiary/aromatic N) is 1. The summed E-state index contributed by atoms with van der Waals surface area (Å²) in [5.41, 5.74) is -2.15. The number of hydrogen-bond acceptors (Lipinski definition) is 3. The molecule has 0 unspecified atom stereocenters. The molecule has 2 aromatic carbocycles. The molecule has 2 rings (SSSR count). The first-order valence-corrected chi connectivity index (χ1v) is 9.93. The summed E-state index contributed by atoms with van der Waals surface area (Å²) < 4.78 is 106. The third-order valence-electron chi connectivity index (χ3n) is 3.91. The Morgan fingerprint density at radius 2 is 1.67 bits per heavy atom. The van der Waals surface area contributed by atoms with Crippen LogP contribution in [-0.4, -0.2) is 31.7 Å². The fraction of sp³-hybridized carbons (Fsp3) is 0.278. The van der Waals surface area contributed by atoms with Gasteiger partial charge in [-0.2, -0.15) is 17.5 Å². The van der Waals surface area contributed by atoms with Gasteiger partial charge in [0.05, 0.1) is 22.7 Å². The molecule has 0 saturated heterocycles. The second-order valence-electron chi connectivity index (χ2n) is 6.10. The van der Waals surface area contributed by atoms with Crippen LogP contribution in [0.25, 0.3) is 0 Å². The number of alkyl halides is 3. The Kier molecular flexibility index (Phi) is 7.14. The van der Waals surface area contributed by atoms with Gasteiger partial charge in [0.15, 0.2) is 17.5 Å². The summed E-state index contributed by atoms with van der Waals surface area (Å²) in [4.78, 5) is 11.1. The fourth-order valence-electron chi connectivity index (χ4n) is 2.57. The highest BCUT2D eigenvalue weighted by Crippen LogP contribution is 2.35. The number of halogens is 6. The van der Waals surface area contributed by atoms with Gasteiger partial charge in [0.2, 0.25) is 15.9 Å². The lowest BCUT2D eigenvalue weighted by molar-refractivity contribution is -0.139. The van der Waals surface area contributed by atoms with Gasteiger partial charge in [-0.05, 0) is 30.7 Å². The third-order valence-corrected chi connectivity index (χ3v) is 5.82. The highest BCUT2D eigenvalue weighted by molar-refractivity contribution is 7.89. The minimum atomic E-state index is -4.96. The number of amides is 1. The number of carbonyl (C=O) groups excluding carboxylic acids is 1. The second-order valence-corrected chi connectivity index (χ2v) is 8.01. The topological polar surface area (TPSA) is 66.5 Å². The summed E-state index contributed by atoms with van der Waals surface area (Å²) in [6, 6.07) is 4.74. The Balaban J connectivity index is 2.34. The van der Waals surface area contributed by atoms with Gasteiger partial charge in [-0.25, -0.2) is 21.6 Å². The largest absolute Gasteiger partial charge is 0.417 e. The molecule has 0 atom stereocenters. The van der Waals surface area contributed by atoms with E-state index in [1.165, 1.54) is 6.92 Å². The molecule has 164 valence electrons. The quantitative estimate of drug-likeness (QED) is 0.505. The molecule has 0 spiro atoms. The minimum absolute atomic E-state index is 0.153. The molecule has 0 aliphatic heterocycles. The smallest absolute Gasteiger partial charge is 0.322 e. The zero-order chi connectivity index (χ0) is 22.7. The molecule has 0 aliphatic carbocycles. The first-order valence-electron chi connectivity index (χ1n) is 8.49. The summed E-state index contributed by atoms with van der Waals surface area (Å²) in [6.45, 7) is 0.244. The van der Waals surface area contributed by atoms with E-state index in [0.717, 1.165) is 24.3 Å². The van der Waals surface area contributed by atoms with Crippen molar-refractivity contribution < 1.29 is 39.6 Å². The van der Waals surface area contributed by atoms with Crippen molar-refractivity contribution in [3.05, 3.63) is 59.4 Å². The van der Waals surface area contributed by atoms with E-state index in [0.29, 0.717) is 16.4 Å². The molecule has 1 amide bonds. The van der Waals surface area contributed by atoms with Crippen molar-refractivity contribution in [3.63, 3.8) is 0 Å². The standard InChI is InChI=1S/C18H16F6N2O3S/c1-2-9-26(10-15(27)25-13-8-7-12(19)16(20)17(13)21)30(28,29)14-6-4-3-5-11(14)18(22,23)24/h3-8H,2,9-10H2,1H3,(H,25,27). The fourth-order valence-corrected chi connectivity index (χ4v) is 4.27. The molecule has 0 aromatic heterocycles. The van der Waals surface area contributed by atoms with Gasteiger partial charge in [0, 0.05) is 6.54 Å². The van der Waals surface area contributed by atoms with Crippen molar-refractivity contribution in [1.29, 1.82) is 0 Å². The SMILES string of the molecule is CCCN(CC(=O)Nc1ccc(F)c(F)c1F)S(=O)(=O)c1ccccc1C(F)(F)F. The molecule has 12 heteroatoms. The molecule has 1 N–H and O–H groups in total. The van der Waals surface area contributed by atoms with Crippen LogP contribution in [0.15, 0.2) is 41.3 Å². The van der Waals surface area contributed by atoms with Crippen molar-refractivity contribution in [2.75, 3.05) is 18.4 Å². The van der Waals surface area contributed by atoms with Crippen LogP contribution in [-0.2, 0) is 21.0 Å². The normalized spacial score (nSPS) is 12.3. The van der Waals surface area contributed by atoms with Crippen molar-refractivity contribution in [1.82, 2.24) is 4.31 Å². The van der Waals surface area contributed by atoms with Gasteiger partial charge < -0.3 is 5.32 Å². The van der Waals surface area contributed by atoms with E-state index in [2.05, 4.69) is 0 Å². The maximum absolute atomic E-state index is 13.7. The maximum atomic E-state index is 13.7. The Morgan fingerprint density at radius 3 is 2.27 bits per heavy atom. The molecule has 0 heterocycles. The first kappa shape index (κ1) is 23.7. The average molecular weight is 454 g/mol. The summed E-state index contributed by atoms with van der Waals surface area (Å²) >= 11 is 0. The lowest BCUT2D eigenvalue weighted by Crippen LogP contribution is -2.39. The number of rotatable bonds is 7. The van der Waals surface area contributed by atoms with Gasteiger partial charge >= 0.3 is 6.18 Å². The highest BCUT2D eigenvalue weighted by Gasteiger charge is 2.39. The van der Waals surface area contributed by atoms with Crippen LogP contribution in [0.4, 0.5) is 32.0 Å². The number of hydrogen-bond donors (Lipinski definition) is 1. The van der Waals surface area contributed by atoms with Crippen LogP contribution >= 0.6 is 0 Å². The van der Waals surface area contributed by atoms with Crippen LogP contribution in [0.3, 0.4) is 0 Å². The van der Waals surface area contributed by atoms with Gasteiger partial charge in [-0.15, -0.1) is 0 Å². The van der Waals surface area contributed by atoms with Crippen LogP contribution in [0.5, 0.6) is 0 Å². The second kappa shape index (κ2) is 9.04.